The zero-order valence-corrected chi connectivity index (χ0v) is 7.97. The van der Waals surface area contributed by atoms with Gasteiger partial charge in [0.05, 0.1) is 12.0 Å². The summed E-state index contributed by atoms with van der Waals surface area (Å²) in [4.78, 5) is 0. The largest absolute Gasteiger partial charge is 0.388 e. The van der Waals surface area contributed by atoms with Crippen LogP contribution in [-0.4, -0.2) is 9.67 Å². The Bertz CT molecular complexity index is 282. The summed E-state index contributed by atoms with van der Waals surface area (Å²) in [6.45, 7) is 2.01. The average molecular weight is 183 g/mol. The van der Waals surface area contributed by atoms with Crippen molar-refractivity contribution in [2.45, 2.75) is 31.1 Å². The summed E-state index contributed by atoms with van der Waals surface area (Å²) in [5, 5.41) is 9.66. The van der Waals surface area contributed by atoms with Gasteiger partial charge in [0.25, 0.3) is 0 Å². The maximum Gasteiger partial charge on any atom is 0.0805 e. The van der Waals surface area contributed by atoms with Crippen molar-refractivity contribution in [3.8, 4) is 0 Å². The molecule has 2 heterocycles. The molecule has 1 aliphatic heterocycles. The van der Waals surface area contributed by atoms with E-state index in [9.17, 15) is 5.11 Å². The van der Waals surface area contributed by atoms with Gasteiger partial charge in [0, 0.05) is 23.2 Å². The third-order valence-corrected chi connectivity index (χ3v) is 3.27. The smallest absolute Gasteiger partial charge is 0.0805 e. The number of thioether (sulfide) groups is 1. The molecule has 1 unspecified atom stereocenters. The number of aliphatic hydroxyl groups excluding tert-OH is 1. The lowest BCUT2D eigenvalue weighted by Gasteiger charge is -2.07. The quantitative estimate of drug-likeness (QED) is 0.760. The minimum atomic E-state index is -0.264. The molecule has 0 amide bonds. The van der Waals surface area contributed by atoms with Gasteiger partial charge in [-0.3, -0.25) is 0 Å². The zero-order chi connectivity index (χ0) is 8.55. The second-order valence-electron chi connectivity index (χ2n) is 3.09. The fourth-order valence-electron chi connectivity index (χ4n) is 1.57. The maximum absolute atomic E-state index is 9.66. The van der Waals surface area contributed by atoms with Crippen molar-refractivity contribution in [3.05, 3.63) is 23.5 Å². The van der Waals surface area contributed by atoms with Crippen LogP contribution in [0.15, 0.2) is 12.3 Å². The molecule has 0 spiro atoms. The molecule has 0 radical (unpaired) electrons. The molecule has 1 aliphatic rings. The summed E-state index contributed by atoms with van der Waals surface area (Å²) < 4.78 is 2.22. The molecule has 2 rings (SSSR count). The molecule has 1 aromatic rings. The van der Waals surface area contributed by atoms with E-state index in [1.807, 2.05) is 24.8 Å². The predicted octanol–water partition coefficient (Wildman–Crippen LogP) is 2.14. The van der Waals surface area contributed by atoms with Gasteiger partial charge in [-0.05, 0) is 12.5 Å². The van der Waals surface area contributed by atoms with Crippen LogP contribution in [0.4, 0.5) is 0 Å². The molecular formula is C9H13NOS. The van der Waals surface area contributed by atoms with E-state index in [0.717, 1.165) is 23.6 Å². The lowest BCUT2D eigenvalue weighted by molar-refractivity contribution is 0.173. The first kappa shape index (κ1) is 8.20. The Labute approximate surface area is 76.6 Å². The summed E-state index contributed by atoms with van der Waals surface area (Å²) in [6.07, 6.45) is 2.62. The Morgan fingerprint density at radius 3 is 3.33 bits per heavy atom. The summed E-state index contributed by atoms with van der Waals surface area (Å²) in [7, 11) is 0. The molecule has 1 aromatic heterocycles. The zero-order valence-electron chi connectivity index (χ0n) is 7.16. The number of hydrogen-bond donors (Lipinski definition) is 1. The van der Waals surface area contributed by atoms with E-state index in [-0.39, 0.29) is 6.10 Å². The summed E-state index contributed by atoms with van der Waals surface area (Å²) in [5.74, 6) is 2.10. The lowest BCUT2D eigenvalue weighted by atomic mass is 10.1. The summed E-state index contributed by atoms with van der Waals surface area (Å²) in [5.41, 5.74) is 2.44. The number of fused-ring (bicyclic) bond motifs is 1. The van der Waals surface area contributed by atoms with Gasteiger partial charge in [-0.1, -0.05) is 6.92 Å². The lowest BCUT2D eigenvalue weighted by Crippen LogP contribution is -1.98. The minimum Gasteiger partial charge on any atom is -0.388 e. The first-order valence-corrected chi connectivity index (χ1v) is 5.42. The first-order chi connectivity index (χ1) is 5.83. The Balaban J connectivity index is 2.33. The van der Waals surface area contributed by atoms with Crippen molar-refractivity contribution in [1.29, 1.82) is 0 Å². The fraction of sp³-hybridized carbons (Fsp3) is 0.556. The maximum atomic E-state index is 9.66. The van der Waals surface area contributed by atoms with Crippen LogP contribution >= 0.6 is 11.8 Å². The van der Waals surface area contributed by atoms with Gasteiger partial charge < -0.3 is 9.67 Å². The highest BCUT2D eigenvalue weighted by Gasteiger charge is 2.18. The van der Waals surface area contributed by atoms with E-state index in [0.29, 0.717) is 0 Å². The van der Waals surface area contributed by atoms with Gasteiger partial charge in [-0.15, -0.1) is 11.8 Å². The molecule has 0 fully saturated rings. The summed E-state index contributed by atoms with van der Waals surface area (Å²) in [6, 6.07) is 2.04. The van der Waals surface area contributed by atoms with E-state index in [1.54, 1.807) is 0 Å². The van der Waals surface area contributed by atoms with E-state index >= 15 is 0 Å². The standard InChI is InChI=1S/C9H13NOS/c1-2-9(11)7-3-4-10-6-12-5-8(7)10/h3-4,9,11H,2,5-6H2,1H3. The number of rotatable bonds is 2. The molecule has 66 valence electrons. The molecule has 0 aromatic carbocycles. The van der Waals surface area contributed by atoms with E-state index in [2.05, 4.69) is 10.8 Å². The highest BCUT2D eigenvalue weighted by molar-refractivity contribution is 7.97. The van der Waals surface area contributed by atoms with Gasteiger partial charge in [0.2, 0.25) is 0 Å². The second-order valence-corrected chi connectivity index (χ2v) is 4.04. The van der Waals surface area contributed by atoms with E-state index in [4.69, 9.17) is 0 Å². The van der Waals surface area contributed by atoms with Crippen LogP contribution in [0.1, 0.15) is 30.7 Å². The molecule has 0 aliphatic carbocycles. The first-order valence-electron chi connectivity index (χ1n) is 4.26. The summed E-state index contributed by atoms with van der Waals surface area (Å²) >= 11 is 1.90. The average Bonchev–Trinajstić information content (AvgIpc) is 2.62. The van der Waals surface area contributed by atoms with Crippen molar-refractivity contribution >= 4 is 11.8 Å². The molecule has 0 saturated carbocycles. The SMILES string of the molecule is CCC(O)c1ccn2c1CSC2. The molecule has 0 saturated heterocycles. The Morgan fingerprint density at radius 2 is 2.58 bits per heavy atom. The van der Waals surface area contributed by atoms with Crippen LogP contribution in [0, 0.1) is 0 Å². The predicted molar refractivity (Wildman–Crippen MR) is 51.0 cm³/mol. The molecular weight excluding hydrogens is 170 g/mol. The molecule has 2 nitrogen and oxygen atoms in total. The Kier molecular flexibility index (Phi) is 2.15. The van der Waals surface area contributed by atoms with Gasteiger partial charge in [0.1, 0.15) is 0 Å². The van der Waals surface area contributed by atoms with Crippen molar-refractivity contribution in [2.75, 3.05) is 0 Å². The third kappa shape index (κ3) is 1.17. The normalized spacial score (nSPS) is 17.8. The number of hydrogen-bond acceptors (Lipinski definition) is 2. The molecule has 12 heavy (non-hydrogen) atoms. The topological polar surface area (TPSA) is 25.2 Å². The molecule has 1 N–H and O–H groups in total. The third-order valence-electron chi connectivity index (χ3n) is 2.33. The van der Waals surface area contributed by atoms with Crippen molar-refractivity contribution < 1.29 is 5.11 Å². The number of nitrogens with zero attached hydrogens (tertiary/aromatic N) is 1. The monoisotopic (exact) mass is 183 g/mol. The highest BCUT2D eigenvalue weighted by atomic mass is 32.2. The van der Waals surface area contributed by atoms with Gasteiger partial charge in [-0.2, -0.15) is 0 Å². The van der Waals surface area contributed by atoms with Crippen LogP contribution in [0.5, 0.6) is 0 Å². The molecule has 0 bridgehead atoms. The van der Waals surface area contributed by atoms with Crippen LogP contribution in [-0.2, 0) is 11.6 Å². The number of aliphatic hydroxyl groups is 1. The Morgan fingerprint density at radius 1 is 1.75 bits per heavy atom. The van der Waals surface area contributed by atoms with Gasteiger partial charge in [0.15, 0.2) is 0 Å². The van der Waals surface area contributed by atoms with E-state index in [1.165, 1.54) is 5.69 Å². The van der Waals surface area contributed by atoms with Crippen molar-refractivity contribution in [2.24, 2.45) is 0 Å². The molecule has 1 atom stereocenters. The van der Waals surface area contributed by atoms with Crippen molar-refractivity contribution in [3.63, 3.8) is 0 Å². The minimum absolute atomic E-state index is 0.264. The van der Waals surface area contributed by atoms with Crippen LogP contribution in [0.2, 0.25) is 0 Å². The van der Waals surface area contributed by atoms with Crippen LogP contribution in [0.3, 0.4) is 0 Å². The van der Waals surface area contributed by atoms with Crippen molar-refractivity contribution in [1.82, 2.24) is 4.57 Å². The van der Waals surface area contributed by atoms with Crippen LogP contribution < -0.4 is 0 Å². The number of aromatic nitrogens is 1. The highest BCUT2D eigenvalue weighted by Crippen LogP contribution is 2.31. The fourth-order valence-corrected chi connectivity index (χ4v) is 2.63. The Hall–Kier alpha value is -0.410. The second kappa shape index (κ2) is 3.15. The van der Waals surface area contributed by atoms with E-state index < -0.39 is 0 Å². The molecule has 3 heteroatoms. The van der Waals surface area contributed by atoms with Gasteiger partial charge >= 0.3 is 0 Å². The van der Waals surface area contributed by atoms with Gasteiger partial charge in [-0.25, -0.2) is 0 Å². The van der Waals surface area contributed by atoms with Crippen LogP contribution in [0.25, 0.3) is 0 Å².